The summed E-state index contributed by atoms with van der Waals surface area (Å²) in [5.41, 5.74) is 1.71. The zero-order valence-electron chi connectivity index (χ0n) is 13.2. The summed E-state index contributed by atoms with van der Waals surface area (Å²) < 4.78 is 0. The summed E-state index contributed by atoms with van der Waals surface area (Å²) in [4.78, 5) is 20.2. The predicted molar refractivity (Wildman–Crippen MR) is 102 cm³/mol. The van der Waals surface area contributed by atoms with Crippen molar-refractivity contribution in [1.82, 2.24) is 9.88 Å². The van der Waals surface area contributed by atoms with Gasteiger partial charge in [-0.15, -0.1) is 22.7 Å². The molecule has 2 heterocycles. The van der Waals surface area contributed by atoms with Gasteiger partial charge in [-0.3, -0.25) is 4.79 Å². The third-order valence-electron chi connectivity index (χ3n) is 3.65. The number of hydrogen-bond acceptors (Lipinski definition) is 4. The van der Waals surface area contributed by atoms with E-state index in [0.717, 1.165) is 16.3 Å². The van der Waals surface area contributed by atoms with Gasteiger partial charge < -0.3 is 4.90 Å². The Morgan fingerprint density at radius 1 is 1.21 bits per heavy atom. The average molecular weight is 377 g/mol. The summed E-state index contributed by atoms with van der Waals surface area (Å²) in [7, 11) is 0. The van der Waals surface area contributed by atoms with Gasteiger partial charge in [0.2, 0.25) is 5.91 Å². The van der Waals surface area contributed by atoms with Crippen molar-refractivity contribution in [1.29, 1.82) is 0 Å². The molecule has 1 aromatic carbocycles. The van der Waals surface area contributed by atoms with Crippen LogP contribution in [0.2, 0.25) is 5.02 Å². The summed E-state index contributed by atoms with van der Waals surface area (Å²) in [6, 6.07) is 11.7. The predicted octanol–water partition coefficient (Wildman–Crippen LogP) is 5.12. The van der Waals surface area contributed by atoms with Crippen molar-refractivity contribution in [2.24, 2.45) is 0 Å². The number of amides is 1. The fraction of sp³-hybridized carbons (Fsp3) is 0.222. The molecule has 0 N–H and O–H groups in total. The maximum atomic E-state index is 12.6. The molecule has 3 rings (SSSR count). The Hall–Kier alpha value is -1.69. The van der Waals surface area contributed by atoms with Gasteiger partial charge in [-0.2, -0.15) is 0 Å². The van der Waals surface area contributed by atoms with Crippen LogP contribution in [0.25, 0.3) is 10.6 Å². The fourth-order valence-corrected chi connectivity index (χ4v) is 4.24. The molecule has 6 heteroatoms. The molecule has 0 radical (unpaired) electrons. The van der Waals surface area contributed by atoms with E-state index in [1.54, 1.807) is 11.3 Å². The molecule has 24 heavy (non-hydrogen) atoms. The average Bonchev–Trinajstić information content (AvgIpc) is 3.24. The van der Waals surface area contributed by atoms with E-state index >= 15 is 0 Å². The van der Waals surface area contributed by atoms with Crippen LogP contribution in [-0.2, 0) is 17.8 Å². The van der Waals surface area contributed by atoms with Gasteiger partial charge in [0, 0.05) is 22.4 Å². The van der Waals surface area contributed by atoms with Crippen LogP contribution in [0, 0.1) is 0 Å². The minimum atomic E-state index is 0.0990. The van der Waals surface area contributed by atoms with Gasteiger partial charge in [-0.05, 0) is 24.4 Å². The minimum absolute atomic E-state index is 0.0990. The molecule has 0 saturated heterocycles. The summed E-state index contributed by atoms with van der Waals surface area (Å²) in [5, 5.41) is 5.50. The monoisotopic (exact) mass is 376 g/mol. The summed E-state index contributed by atoms with van der Waals surface area (Å²) in [6.07, 6.45) is 0.320. The largest absolute Gasteiger partial charge is 0.337 e. The first-order valence-electron chi connectivity index (χ1n) is 7.67. The lowest BCUT2D eigenvalue weighted by atomic mass is 10.2. The van der Waals surface area contributed by atoms with Crippen molar-refractivity contribution in [2.75, 3.05) is 6.54 Å². The molecule has 0 unspecified atom stereocenters. The number of thiazole rings is 1. The topological polar surface area (TPSA) is 33.2 Å². The smallest absolute Gasteiger partial charge is 0.228 e. The highest BCUT2D eigenvalue weighted by molar-refractivity contribution is 7.13. The second kappa shape index (κ2) is 7.92. The lowest BCUT2D eigenvalue weighted by Crippen LogP contribution is -2.31. The quantitative estimate of drug-likeness (QED) is 0.598. The number of thiophene rings is 1. The molecular weight excluding hydrogens is 360 g/mol. The minimum Gasteiger partial charge on any atom is -0.337 e. The number of aromatic nitrogens is 1. The molecule has 0 aliphatic carbocycles. The molecule has 0 spiro atoms. The number of benzene rings is 1. The van der Waals surface area contributed by atoms with Gasteiger partial charge >= 0.3 is 0 Å². The first kappa shape index (κ1) is 17.1. The van der Waals surface area contributed by atoms with Crippen molar-refractivity contribution >= 4 is 40.2 Å². The van der Waals surface area contributed by atoms with Gasteiger partial charge in [-0.25, -0.2) is 4.98 Å². The molecule has 0 bridgehead atoms. The van der Waals surface area contributed by atoms with Crippen LogP contribution in [0.5, 0.6) is 0 Å². The Morgan fingerprint density at radius 3 is 2.75 bits per heavy atom. The number of likely N-dealkylation sites (N-methyl/N-ethyl adjacent to an activating group) is 1. The van der Waals surface area contributed by atoms with Crippen LogP contribution in [0.1, 0.15) is 17.5 Å². The molecule has 0 aliphatic heterocycles. The Balaban J connectivity index is 1.69. The lowest BCUT2D eigenvalue weighted by Gasteiger charge is -2.19. The third kappa shape index (κ3) is 4.04. The number of hydrogen-bond donors (Lipinski definition) is 0. The van der Waals surface area contributed by atoms with Crippen molar-refractivity contribution in [3.05, 3.63) is 62.8 Å². The first-order chi connectivity index (χ1) is 11.7. The number of halogens is 1. The zero-order valence-corrected chi connectivity index (χ0v) is 15.6. The van der Waals surface area contributed by atoms with Gasteiger partial charge in [0.1, 0.15) is 5.01 Å². The first-order valence-corrected chi connectivity index (χ1v) is 9.80. The van der Waals surface area contributed by atoms with E-state index in [1.807, 2.05) is 52.9 Å². The van der Waals surface area contributed by atoms with E-state index < -0.39 is 0 Å². The van der Waals surface area contributed by atoms with Crippen molar-refractivity contribution < 1.29 is 4.79 Å². The number of rotatable bonds is 6. The van der Waals surface area contributed by atoms with Crippen LogP contribution in [0.15, 0.2) is 47.2 Å². The highest BCUT2D eigenvalue weighted by atomic mass is 35.5. The summed E-state index contributed by atoms with van der Waals surface area (Å²) in [6.45, 7) is 3.36. The Morgan fingerprint density at radius 2 is 2.04 bits per heavy atom. The van der Waals surface area contributed by atoms with Crippen LogP contribution >= 0.6 is 34.3 Å². The van der Waals surface area contributed by atoms with Crippen molar-refractivity contribution in [3.8, 4) is 10.6 Å². The Bertz CT molecular complexity index is 814. The summed E-state index contributed by atoms with van der Waals surface area (Å²) >= 11 is 9.41. The van der Waals surface area contributed by atoms with E-state index in [-0.39, 0.29) is 5.91 Å². The van der Waals surface area contributed by atoms with Crippen LogP contribution in [0.4, 0.5) is 0 Å². The molecule has 2 aromatic heterocycles. The number of carbonyl (C=O) groups excluding carboxylic acids is 1. The second-order valence-corrected chi connectivity index (χ2v) is 7.59. The number of nitrogens with zero attached hydrogens (tertiary/aromatic N) is 2. The normalized spacial score (nSPS) is 10.8. The van der Waals surface area contributed by atoms with Gasteiger partial charge in [0.05, 0.1) is 23.7 Å². The third-order valence-corrected chi connectivity index (χ3v) is 5.76. The van der Waals surface area contributed by atoms with Gasteiger partial charge in [0.25, 0.3) is 0 Å². The fourth-order valence-electron chi connectivity index (χ4n) is 2.38. The second-order valence-electron chi connectivity index (χ2n) is 5.29. The molecular formula is C18H17ClN2OS2. The van der Waals surface area contributed by atoms with E-state index in [0.29, 0.717) is 24.5 Å². The van der Waals surface area contributed by atoms with Gasteiger partial charge in [-0.1, -0.05) is 35.9 Å². The van der Waals surface area contributed by atoms with Crippen LogP contribution < -0.4 is 0 Å². The molecule has 0 fully saturated rings. The maximum Gasteiger partial charge on any atom is 0.228 e. The molecule has 1 amide bonds. The molecule has 3 nitrogen and oxygen atoms in total. The zero-order chi connectivity index (χ0) is 16.9. The van der Waals surface area contributed by atoms with Crippen LogP contribution in [-0.4, -0.2) is 22.3 Å². The molecule has 124 valence electrons. The lowest BCUT2D eigenvalue weighted by molar-refractivity contribution is -0.130. The number of carbonyl (C=O) groups is 1. The molecule has 0 atom stereocenters. The summed E-state index contributed by atoms with van der Waals surface area (Å²) in [5.74, 6) is 0.0990. The Kier molecular flexibility index (Phi) is 5.66. The maximum absolute atomic E-state index is 12.6. The van der Waals surface area contributed by atoms with Crippen molar-refractivity contribution in [2.45, 2.75) is 19.9 Å². The van der Waals surface area contributed by atoms with Gasteiger partial charge in [0.15, 0.2) is 0 Å². The van der Waals surface area contributed by atoms with E-state index in [2.05, 4.69) is 11.1 Å². The highest BCUT2D eigenvalue weighted by Gasteiger charge is 2.16. The highest BCUT2D eigenvalue weighted by Crippen LogP contribution is 2.30. The Labute approximate surface area is 154 Å². The van der Waals surface area contributed by atoms with E-state index in [4.69, 9.17) is 11.6 Å². The SMILES string of the molecule is CCN(Cc1cccs1)C(=O)Cc1csc(-c2ccccc2Cl)n1. The van der Waals surface area contributed by atoms with E-state index in [1.165, 1.54) is 16.2 Å². The molecule has 0 saturated carbocycles. The standard InChI is InChI=1S/C18H17ClN2OS2/c1-2-21(11-14-6-5-9-23-14)17(22)10-13-12-24-18(20-13)15-7-3-4-8-16(15)19/h3-9,12H,2,10-11H2,1H3. The molecule has 3 aromatic rings. The van der Waals surface area contributed by atoms with Crippen LogP contribution in [0.3, 0.4) is 0 Å². The van der Waals surface area contributed by atoms with E-state index in [9.17, 15) is 4.79 Å². The molecule has 0 aliphatic rings. The van der Waals surface area contributed by atoms with Crippen molar-refractivity contribution in [3.63, 3.8) is 0 Å².